The lowest BCUT2D eigenvalue weighted by Gasteiger charge is -2.15. The van der Waals surface area contributed by atoms with Gasteiger partial charge in [0.15, 0.2) is 39.4 Å². The largest absolute Gasteiger partial charge is 0.492 e. The molecule has 6 rings (SSSR count). The molecule has 47 heavy (non-hydrogen) atoms. The molecule has 0 spiro atoms. The number of halogens is 2. The summed E-state index contributed by atoms with van der Waals surface area (Å²) in [5.74, 6) is 2.90. The lowest BCUT2D eigenvalue weighted by atomic mass is 10.2. The smallest absolute Gasteiger partial charge is 0.223 e. The molecular formula is C28H30BrClN12O5. The molecule has 0 saturated carbocycles. The number of nitrogens with zero attached hydrogens (tertiary/aromatic N) is 10. The molecule has 0 aliphatic carbocycles. The van der Waals surface area contributed by atoms with Gasteiger partial charge in [0.05, 0.1) is 67.5 Å². The lowest BCUT2D eigenvalue weighted by molar-refractivity contribution is 0.318. The van der Waals surface area contributed by atoms with Crippen LogP contribution in [0.15, 0.2) is 29.7 Å². The quantitative estimate of drug-likeness (QED) is 0.204. The molecule has 0 aliphatic heterocycles. The van der Waals surface area contributed by atoms with E-state index in [0.29, 0.717) is 80.2 Å². The van der Waals surface area contributed by atoms with E-state index in [9.17, 15) is 0 Å². The van der Waals surface area contributed by atoms with Gasteiger partial charge in [-0.15, -0.1) is 0 Å². The number of aryl methyl sites for hydroxylation is 1. The van der Waals surface area contributed by atoms with Crippen LogP contribution in [-0.2, 0) is 13.1 Å². The minimum Gasteiger partial charge on any atom is -0.492 e. The molecule has 0 unspecified atom stereocenters. The Bertz CT molecular complexity index is 2070. The fourth-order valence-corrected chi connectivity index (χ4v) is 5.42. The average Bonchev–Trinajstić information content (AvgIpc) is 3.65. The number of nitrogens with two attached hydrogens (primary N) is 2. The molecule has 17 nitrogen and oxygen atoms in total. The van der Waals surface area contributed by atoms with Crippen molar-refractivity contribution in [2.45, 2.75) is 20.0 Å². The van der Waals surface area contributed by atoms with Gasteiger partial charge in [0.25, 0.3) is 0 Å². The first-order valence-electron chi connectivity index (χ1n) is 13.6. The molecule has 4 N–H and O–H groups in total. The second-order valence-electron chi connectivity index (χ2n) is 9.63. The summed E-state index contributed by atoms with van der Waals surface area (Å²) in [5, 5.41) is 0.198. The Morgan fingerprint density at radius 2 is 1.17 bits per heavy atom. The summed E-state index contributed by atoms with van der Waals surface area (Å²) in [4.78, 5) is 33.7. The van der Waals surface area contributed by atoms with Crippen molar-refractivity contribution in [1.82, 2.24) is 49.0 Å². The molecule has 6 aromatic heterocycles. The maximum atomic E-state index is 6.04. The number of nitrogen functional groups attached to an aromatic ring is 2. The number of hydrogen-bond acceptors (Lipinski definition) is 15. The molecule has 0 radical (unpaired) electrons. The third-order valence-corrected chi connectivity index (χ3v) is 7.64. The summed E-state index contributed by atoms with van der Waals surface area (Å²) >= 11 is 9.38. The Balaban J connectivity index is 0.000000185. The van der Waals surface area contributed by atoms with E-state index in [4.69, 9.17) is 46.8 Å². The van der Waals surface area contributed by atoms with E-state index >= 15 is 0 Å². The number of anilines is 2. The van der Waals surface area contributed by atoms with E-state index in [1.54, 1.807) is 43.8 Å². The highest BCUT2D eigenvalue weighted by Gasteiger charge is 2.20. The van der Waals surface area contributed by atoms with E-state index in [0.717, 1.165) is 5.56 Å². The lowest BCUT2D eigenvalue weighted by Crippen LogP contribution is -2.07. The number of imidazole rings is 2. The zero-order chi connectivity index (χ0) is 33.8. The first kappa shape index (κ1) is 33.1. The summed E-state index contributed by atoms with van der Waals surface area (Å²) in [7, 11) is 7.79. The van der Waals surface area contributed by atoms with Gasteiger partial charge in [-0.3, -0.25) is 9.97 Å². The summed E-state index contributed by atoms with van der Waals surface area (Å²) in [6.07, 6.45) is 6.56. The van der Waals surface area contributed by atoms with Crippen LogP contribution < -0.4 is 35.2 Å². The molecule has 19 heteroatoms. The highest BCUT2D eigenvalue weighted by atomic mass is 79.9. The number of aromatic nitrogens is 10. The van der Waals surface area contributed by atoms with Crippen LogP contribution in [0.4, 0.5) is 11.9 Å². The van der Waals surface area contributed by atoms with Gasteiger partial charge in [-0.05, 0) is 22.9 Å². The standard InChI is InChI=1S/C14H15BrN6O2.C14H15ClN6O3/c1-7-4-17-8(11(23-3)10(7)22-2)5-21-6-18-9-12(15)19-14(16)20-13(9)21;1-22-8-4-17-7(10(23-2)11(8)24-3)5-21-6-18-9-12(15)19-14(16)20-13(9)21/h4,6H,5H2,1-3H3,(H2,16,19,20);4,6H,5H2,1-3H3,(H2,16,19,20). The number of pyridine rings is 2. The zero-order valence-electron chi connectivity index (χ0n) is 26.1. The predicted octanol–water partition coefficient (Wildman–Crippen LogP) is 3.47. The minimum atomic E-state index is 0.0708. The highest BCUT2D eigenvalue weighted by molar-refractivity contribution is 9.10. The zero-order valence-corrected chi connectivity index (χ0v) is 28.5. The predicted molar refractivity (Wildman–Crippen MR) is 176 cm³/mol. The summed E-state index contributed by atoms with van der Waals surface area (Å²) in [6.45, 7) is 2.65. The Labute approximate surface area is 281 Å². The van der Waals surface area contributed by atoms with Crippen LogP contribution >= 0.6 is 27.5 Å². The SMILES string of the molecule is COc1c(C)cnc(Cn2cnc3c(Br)nc(N)nc32)c1OC.COc1cnc(Cn2cnc3c(Cl)nc(N)nc32)c(OC)c1OC. The van der Waals surface area contributed by atoms with Crippen LogP contribution in [0.5, 0.6) is 28.7 Å². The van der Waals surface area contributed by atoms with Gasteiger partial charge in [0.2, 0.25) is 17.6 Å². The topological polar surface area (TPSA) is 211 Å². The van der Waals surface area contributed by atoms with Gasteiger partial charge in [0, 0.05) is 11.8 Å². The van der Waals surface area contributed by atoms with E-state index in [2.05, 4.69) is 55.8 Å². The third kappa shape index (κ3) is 6.54. The van der Waals surface area contributed by atoms with Crippen molar-refractivity contribution >= 4 is 61.8 Å². The van der Waals surface area contributed by atoms with Gasteiger partial charge in [-0.2, -0.15) is 15.0 Å². The van der Waals surface area contributed by atoms with E-state index in [1.807, 2.05) is 11.5 Å². The second-order valence-corrected chi connectivity index (χ2v) is 10.7. The Hall–Kier alpha value is -5.23. The van der Waals surface area contributed by atoms with Gasteiger partial charge in [-0.25, -0.2) is 15.0 Å². The molecule has 6 aromatic rings. The summed E-state index contributed by atoms with van der Waals surface area (Å²) < 4.78 is 31.0. The van der Waals surface area contributed by atoms with Crippen LogP contribution in [-0.4, -0.2) is 84.6 Å². The molecule has 0 aromatic carbocycles. The van der Waals surface area contributed by atoms with Crippen LogP contribution in [0.25, 0.3) is 22.3 Å². The molecule has 0 amide bonds. The van der Waals surface area contributed by atoms with Gasteiger partial charge < -0.3 is 44.3 Å². The molecule has 0 aliphatic rings. The van der Waals surface area contributed by atoms with Crippen molar-refractivity contribution in [3.05, 3.63) is 51.8 Å². The molecule has 0 saturated heterocycles. The van der Waals surface area contributed by atoms with Crippen molar-refractivity contribution in [3.8, 4) is 28.7 Å². The van der Waals surface area contributed by atoms with Gasteiger partial charge >= 0.3 is 0 Å². The number of ether oxygens (including phenoxy) is 5. The third-order valence-electron chi connectivity index (χ3n) is 6.82. The van der Waals surface area contributed by atoms with Crippen molar-refractivity contribution in [2.75, 3.05) is 47.0 Å². The van der Waals surface area contributed by atoms with E-state index < -0.39 is 0 Å². The number of fused-ring (bicyclic) bond motifs is 2. The molecule has 0 atom stereocenters. The van der Waals surface area contributed by atoms with Crippen molar-refractivity contribution in [2.24, 2.45) is 0 Å². The van der Waals surface area contributed by atoms with Crippen molar-refractivity contribution < 1.29 is 23.7 Å². The summed E-state index contributed by atoms with van der Waals surface area (Å²) in [5.41, 5.74) is 15.8. The average molecular weight is 730 g/mol. The van der Waals surface area contributed by atoms with Crippen LogP contribution in [0, 0.1) is 6.92 Å². The molecule has 0 bridgehead atoms. The minimum absolute atomic E-state index is 0.0708. The molecule has 6 heterocycles. The highest BCUT2D eigenvalue weighted by Crippen LogP contribution is 2.39. The molecule has 0 fully saturated rings. The normalized spacial score (nSPS) is 10.9. The number of rotatable bonds is 9. The molecular weight excluding hydrogens is 700 g/mol. The van der Waals surface area contributed by atoms with Crippen LogP contribution in [0.1, 0.15) is 17.0 Å². The Morgan fingerprint density at radius 3 is 1.74 bits per heavy atom. The first-order valence-corrected chi connectivity index (χ1v) is 14.8. The fraction of sp³-hybridized carbons (Fsp3) is 0.286. The van der Waals surface area contributed by atoms with Crippen LogP contribution in [0.2, 0.25) is 5.15 Å². The maximum Gasteiger partial charge on any atom is 0.223 e. The van der Waals surface area contributed by atoms with Crippen molar-refractivity contribution in [1.29, 1.82) is 0 Å². The number of methoxy groups -OCH3 is 5. The van der Waals surface area contributed by atoms with Gasteiger partial charge in [0.1, 0.15) is 27.0 Å². The van der Waals surface area contributed by atoms with Crippen LogP contribution in [0.3, 0.4) is 0 Å². The van der Waals surface area contributed by atoms with E-state index in [-0.39, 0.29) is 17.0 Å². The number of hydrogen-bond donors (Lipinski definition) is 2. The molecule has 246 valence electrons. The second kappa shape index (κ2) is 14.0. The van der Waals surface area contributed by atoms with E-state index in [1.165, 1.54) is 21.3 Å². The fourth-order valence-electron chi connectivity index (χ4n) is 4.74. The Kier molecular flexibility index (Phi) is 9.90. The first-order chi connectivity index (χ1) is 22.6. The van der Waals surface area contributed by atoms with Crippen molar-refractivity contribution in [3.63, 3.8) is 0 Å². The summed E-state index contributed by atoms with van der Waals surface area (Å²) in [6, 6.07) is 0. The maximum absolute atomic E-state index is 6.04. The Morgan fingerprint density at radius 1 is 0.660 bits per heavy atom. The van der Waals surface area contributed by atoms with Gasteiger partial charge in [-0.1, -0.05) is 11.6 Å². The monoisotopic (exact) mass is 728 g/mol.